The van der Waals surface area contributed by atoms with E-state index in [4.69, 9.17) is 16.3 Å². The van der Waals surface area contributed by atoms with Gasteiger partial charge in [-0.1, -0.05) is 23.7 Å². The highest BCUT2D eigenvalue weighted by molar-refractivity contribution is 6.30. The first-order valence-electron chi connectivity index (χ1n) is 7.77. The number of benzene rings is 2. The van der Waals surface area contributed by atoms with E-state index in [2.05, 4.69) is 10.1 Å². The van der Waals surface area contributed by atoms with Crippen molar-refractivity contribution in [3.05, 3.63) is 64.7 Å². The van der Waals surface area contributed by atoms with Gasteiger partial charge in [0, 0.05) is 11.6 Å². The first kappa shape index (κ1) is 20.6. The van der Waals surface area contributed by atoms with Crippen molar-refractivity contribution in [2.75, 3.05) is 13.2 Å². The summed E-state index contributed by atoms with van der Waals surface area (Å²) in [7, 11) is 0. The van der Waals surface area contributed by atoms with Crippen LogP contribution in [0.15, 0.2) is 48.5 Å². The first-order chi connectivity index (χ1) is 12.7. The molecule has 0 fully saturated rings. The largest absolute Gasteiger partial charge is 0.573 e. The Labute approximate surface area is 158 Å². The van der Waals surface area contributed by atoms with E-state index in [0.29, 0.717) is 18.0 Å². The summed E-state index contributed by atoms with van der Waals surface area (Å²) in [5.41, 5.74) is 0.942. The molecule has 2 rings (SSSR count). The van der Waals surface area contributed by atoms with Crippen LogP contribution in [-0.4, -0.2) is 31.4 Å². The van der Waals surface area contributed by atoms with Crippen LogP contribution in [0.25, 0.3) is 0 Å². The van der Waals surface area contributed by atoms with Gasteiger partial charge in [0.05, 0.1) is 5.56 Å². The zero-order chi connectivity index (χ0) is 19.9. The number of halogens is 4. The second kappa shape index (κ2) is 9.27. The summed E-state index contributed by atoms with van der Waals surface area (Å²) in [5.74, 6) is -1.79. The second-order valence-electron chi connectivity index (χ2n) is 5.38. The molecule has 2 aromatic carbocycles. The lowest BCUT2D eigenvalue weighted by atomic mass is 10.1. The molecule has 0 bridgehead atoms. The highest BCUT2D eigenvalue weighted by Crippen LogP contribution is 2.22. The average molecular weight is 402 g/mol. The van der Waals surface area contributed by atoms with Crippen LogP contribution in [-0.2, 0) is 16.0 Å². The summed E-state index contributed by atoms with van der Waals surface area (Å²) in [6.45, 7) is -0.171. The van der Waals surface area contributed by atoms with E-state index in [1.807, 2.05) is 6.07 Å². The fraction of sp³-hybridized carbons (Fsp3) is 0.222. The predicted octanol–water partition coefficient (Wildman–Crippen LogP) is 3.75. The van der Waals surface area contributed by atoms with Crippen molar-refractivity contribution in [3.63, 3.8) is 0 Å². The molecule has 0 atom stereocenters. The first-order valence-corrected chi connectivity index (χ1v) is 8.15. The van der Waals surface area contributed by atoms with Crippen molar-refractivity contribution in [1.82, 2.24) is 5.32 Å². The minimum atomic E-state index is -4.81. The Morgan fingerprint density at radius 3 is 2.41 bits per heavy atom. The Morgan fingerprint density at radius 2 is 1.78 bits per heavy atom. The summed E-state index contributed by atoms with van der Waals surface area (Å²) in [4.78, 5) is 23.5. The van der Waals surface area contributed by atoms with Gasteiger partial charge in [-0.2, -0.15) is 0 Å². The Balaban J connectivity index is 1.73. The summed E-state index contributed by atoms with van der Waals surface area (Å²) in [6.07, 6.45) is -4.26. The van der Waals surface area contributed by atoms with E-state index < -0.39 is 30.6 Å². The molecule has 1 N–H and O–H groups in total. The van der Waals surface area contributed by atoms with Crippen LogP contribution in [0.2, 0.25) is 5.02 Å². The fourth-order valence-electron chi connectivity index (χ4n) is 2.10. The van der Waals surface area contributed by atoms with Crippen molar-refractivity contribution < 1.29 is 32.2 Å². The SMILES string of the molecule is O=C(COC(=O)c1ccc(OC(F)(F)F)cc1)NCCc1cccc(Cl)c1. The summed E-state index contributed by atoms with van der Waals surface area (Å²) >= 11 is 5.86. The number of rotatable bonds is 7. The molecule has 0 aliphatic heterocycles. The normalized spacial score (nSPS) is 11.0. The number of ether oxygens (including phenoxy) is 2. The standard InChI is InChI=1S/C18H15ClF3NO4/c19-14-3-1-2-12(10-14)8-9-23-16(24)11-26-17(25)13-4-6-15(7-5-13)27-18(20,21)22/h1-7,10H,8-9,11H2,(H,23,24). The third-order valence-corrected chi connectivity index (χ3v) is 3.52. The fourth-order valence-corrected chi connectivity index (χ4v) is 2.31. The van der Waals surface area contributed by atoms with Gasteiger partial charge in [0.1, 0.15) is 5.75 Å². The maximum absolute atomic E-state index is 12.1. The van der Waals surface area contributed by atoms with Crippen LogP contribution >= 0.6 is 11.6 Å². The Morgan fingerprint density at radius 1 is 1.07 bits per heavy atom. The molecule has 0 heterocycles. The number of esters is 1. The van der Waals surface area contributed by atoms with Gasteiger partial charge in [-0.15, -0.1) is 13.2 Å². The number of hydrogen-bond donors (Lipinski definition) is 1. The van der Waals surface area contributed by atoms with Gasteiger partial charge < -0.3 is 14.8 Å². The van der Waals surface area contributed by atoms with E-state index in [-0.39, 0.29) is 5.56 Å². The van der Waals surface area contributed by atoms with Gasteiger partial charge in [0.25, 0.3) is 5.91 Å². The summed E-state index contributed by atoms with van der Waals surface area (Å²) in [5, 5.41) is 3.18. The molecule has 0 radical (unpaired) electrons. The Bertz CT molecular complexity index is 794. The van der Waals surface area contributed by atoms with Crippen LogP contribution in [0.4, 0.5) is 13.2 Å². The molecule has 9 heteroatoms. The quantitative estimate of drug-likeness (QED) is 0.718. The van der Waals surface area contributed by atoms with Crippen LogP contribution in [0.1, 0.15) is 15.9 Å². The average Bonchev–Trinajstić information content (AvgIpc) is 2.59. The van der Waals surface area contributed by atoms with Crippen molar-refractivity contribution in [2.45, 2.75) is 12.8 Å². The predicted molar refractivity (Wildman–Crippen MR) is 91.6 cm³/mol. The number of amides is 1. The molecular weight excluding hydrogens is 387 g/mol. The van der Waals surface area contributed by atoms with Gasteiger partial charge in [-0.25, -0.2) is 4.79 Å². The van der Waals surface area contributed by atoms with E-state index in [0.717, 1.165) is 29.8 Å². The molecule has 27 heavy (non-hydrogen) atoms. The second-order valence-corrected chi connectivity index (χ2v) is 5.81. The summed E-state index contributed by atoms with van der Waals surface area (Å²) in [6, 6.07) is 11.4. The highest BCUT2D eigenvalue weighted by atomic mass is 35.5. The van der Waals surface area contributed by atoms with E-state index in [1.165, 1.54) is 0 Å². The van der Waals surface area contributed by atoms with Crippen molar-refractivity contribution >= 4 is 23.5 Å². The van der Waals surface area contributed by atoms with Gasteiger partial charge in [0.2, 0.25) is 0 Å². The molecule has 0 aliphatic carbocycles. The van der Waals surface area contributed by atoms with Crippen molar-refractivity contribution in [1.29, 1.82) is 0 Å². The van der Waals surface area contributed by atoms with Crippen molar-refractivity contribution in [2.24, 2.45) is 0 Å². The molecule has 0 spiro atoms. The van der Waals surface area contributed by atoms with Crippen LogP contribution in [0, 0.1) is 0 Å². The van der Waals surface area contributed by atoms with Gasteiger partial charge >= 0.3 is 12.3 Å². The molecule has 5 nitrogen and oxygen atoms in total. The number of carbonyl (C=O) groups excluding carboxylic acids is 2. The zero-order valence-corrected chi connectivity index (χ0v) is 14.6. The molecule has 0 saturated heterocycles. The van der Waals surface area contributed by atoms with Crippen LogP contribution < -0.4 is 10.1 Å². The maximum Gasteiger partial charge on any atom is 0.573 e. The Kier molecular flexibility index (Phi) is 7.06. The number of nitrogens with one attached hydrogen (secondary N) is 1. The summed E-state index contributed by atoms with van der Waals surface area (Å²) < 4.78 is 44.7. The lowest BCUT2D eigenvalue weighted by molar-refractivity contribution is -0.274. The monoisotopic (exact) mass is 401 g/mol. The van der Waals surface area contributed by atoms with Gasteiger partial charge in [0.15, 0.2) is 6.61 Å². The molecule has 2 aromatic rings. The van der Waals surface area contributed by atoms with Gasteiger partial charge in [-0.05, 0) is 48.4 Å². The molecule has 0 unspecified atom stereocenters. The third-order valence-electron chi connectivity index (χ3n) is 3.28. The minimum absolute atomic E-state index is 0.00347. The third kappa shape index (κ3) is 7.57. The molecule has 0 saturated carbocycles. The van der Waals surface area contributed by atoms with E-state index in [9.17, 15) is 22.8 Å². The minimum Gasteiger partial charge on any atom is -0.452 e. The van der Waals surface area contributed by atoms with Crippen molar-refractivity contribution in [3.8, 4) is 5.75 Å². The number of hydrogen-bond acceptors (Lipinski definition) is 4. The van der Waals surface area contributed by atoms with E-state index >= 15 is 0 Å². The molecular formula is C18H15ClF3NO4. The highest BCUT2D eigenvalue weighted by Gasteiger charge is 2.31. The number of carbonyl (C=O) groups is 2. The molecule has 0 aliphatic rings. The van der Waals surface area contributed by atoms with E-state index in [1.54, 1.807) is 18.2 Å². The molecule has 0 aromatic heterocycles. The number of alkyl halides is 3. The Hall–Kier alpha value is -2.74. The van der Waals surface area contributed by atoms with Gasteiger partial charge in [-0.3, -0.25) is 4.79 Å². The molecule has 1 amide bonds. The van der Waals surface area contributed by atoms with Crippen LogP contribution in [0.5, 0.6) is 5.75 Å². The molecule has 144 valence electrons. The lowest BCUT2D eigenvalue weighted by Crippen LogP contribution is -2.30. The van der Waals surface area contributed by atoms with Crippen LogP contribution in [0.3, 0.4) is 0 Å². The maximum atomic E-state index is 12.1. The smallest absolute Gasteiger partial charge is 0.452 e. The topological polar surface area (TPSA) is 64.6 Å². The lowest BCUT2D eigenvalue weighted by Gasteiger charge is -2.09. The zero-order valence-electron chi connectivity index (χ0n) is 13.9.